The Hall–Kier alpha value is -0.920. The number of nitrogens with zero attached hydrogens (tertiary/aromatic N) is 1. The minimum atomic E-state index is 0.433. The number of nitrogens with one attached hydrogen (secondary N) is 1. The first-order chi connectivity index (χ1) is 9.52. The molecule has 102 valence electrons. The van der Waals surface area contributed by atoms with E-state index in [-0.39, 0.29) is 0 Å². The molecule has 20 heavy (non-hydrogen) atoms. The number of hydrogen-bond acceptors (Lipinski definition) is 2. The van der Waals surface area contributed by atoms with Gasteiger partial charge in [0.05, 0.1) is 21.7 Å². The Balaban J connectivity index is 2.22. The minimum absolute atomic E-state index is 0.433. The highest BCUT2D eigenvalue weighted by Crippen LogP contribution is 2.32. The van der Waals surface area contributed by atoms with Gasteiger partial charge in [0.2, 0.25) is 0 Å². The van der Waals surface area contributed by atoms with E-state index in [1.165, 1.54) is 0 Å². The third kappa shape index (κ3) is 3.39. The summed E-state index contributed by atoms with van der Waals surface area (Å²) >= 11 is 21.6. The van der Waals surface area contributed by atoms with Crippen molar-refractivity contribution in [2.75, 3.05) is 5.32 Å². The van der Waals surface area contributed by atoms with E-state index < -0.39 is 0 Å². The SMILES string of the molecule is N#Cc1ccc(NCc2c(Cl)ccc(Cl)c2Cl)c(Br)c1. The van der Waals surface area contributed by atoms with Crippen LogP contribution in [-0.4, -0.2) is 0 Å². The maximum Gasteiger partial charge on any atom is 0.0992 e. The minimum Gasteiger partial charge on any atom is -0.380 e. The average molecular weight is 390 g/mol. The Morgan fingerprint density at radius 3 is 2.45 bits per heavy atom. The van der Waals surface area contributed by atoms with Crippen molar-refractivity contribution < 1.29 is 0 Å². The first-order valence-corrected chi connectivity index (χ1v) is 7.51. The van der Waals surface area contributed by atoms with Gasteiger partial charge >= 0.3 is 0 Å². The van der Waals surface area contributed by atoms with E-state index in [9.17, 15) is 0 Å². The maximum absolute atomic E-state index is 8.82. The van der Waals surface area contributed by atoms with Gasteiger partial charge in [-0.25, -0.2) is 0 Å². The molecule has 0 aliphatic carbocycles. The van der Waals surface area contributed by atoms with Crippen LogP contribution in [0.25, 0.3) is 0 Å². The third-order valence-corrected chi connectivity index (χ3v) is 4.55. The lowest BCUT2D eigenvalue weighted by Crippen LogP contribution is -2.02. The summed E-state index contributed by atoms with van der Waals surface area (Å²) < 4.78 is 0.797. The van der Waals surface area contributed by atoms with Gasteiger partial charge in [0, 0.05) is 27.3 Å². The first kappa shape index (κ1) is 15.5. The van der Waals surface area contributed by atoms with E-state index in [0.29, 0.717) is 27.2 Å². The van der Waals surface area contributed by atoms with Gasteiger partial charge in [-0.05, 0) is 46.3 Å². The Morgan fingerprint density at radius 1 is 1.10 bits per heavy atom. The molecule has 0 fully saturated rings. The van der Waals surface area contributed by atoms with Crippen molar-refractivity contribution in [1.29, 1.82) is 5.26 Å². The molecule has 0 heterocycles. The van der Waals surface area contributed by atoms with Crippen LogP contribution in [0.1, 0.15) is 11.1 Å². The fraction of sp³-hybridized carbons (Fsp3) is 0.0714. The molecule has 2 aromatic rings. The second kappa shape index (κ2) is 6.69. The zero-order valence-electron chi connectivity index (χ0n) is 10.1. The molecule has 1 N–H and O–H groups in total. The van der Waals surface area contributed by atoms with Gasteiger partial charge in [0.25, 0.3) is 0 Å². The molecule has 0 saturated heterocycles. The standard InChI is InChI=1S/C14H8BrCl3N2/c15-10-5-8(6-19)1-4-13(10)20-7-9-11(16)2-3-12(17)14(9)18/h1-5,20H,7H2. The average Bonchev–Trinajstić information content (AvgIpc) is 2.44. The molecule has 0 saturated carbocycles. The number of nitriles is 1. The molecule has 0 atom stereocenters. The number of halogens is 4. The van der Waals surface area contributed by atoms with E-state index in [4.69, 9.17) is 40.1 Å². The molecule has 0 amide bonds. The summed E-state index contributed by atoms with van der Waals surface area (Å²) in [7, 11) is 0. The van der Waals surface area contributed by atoms with Crippen molar-refractivity contribution in [3.8, 4) is 6.07 Å². The molecule has 0 unspecified atom stereocenters. The van der Waals surface area contributed by atoms with E-state index in [1.807, 2.05) is 6.07 Å². The zero-order chi connectivity index (χ0) is 14.7. The monoisotopic (exact) mass is 388 g/mol. The highest BCUT2D eigenvalue weighted by molar-refractivity contribution is 9.10. The van der Waals surface area contributed by atoms with Gasteiger partial charge < -0.3 is 5.32 Å². The van der Waals surface area contributed by atoms with Gasteiger partial charge in [0.1, 0.15) is 0 Å². The highest BCUT2D eigenvalue weighted by Gasteiger charge is 2.10. The molecule has 0 radical (unpaired) electrons. The van der Waals surface area contributed by atoms with Crippen molar-refractivity contribution in [3.63, 3.8) is 0 Å². The predicted octanol–water partition coefficient (Wildman–Crippen LogP) is 5.89. The van der Waals surface area contributed by atoms with Crippen LogP contribution in [0, 0.1) is 11.3 Å². The smallest absolute Gasteiger partial charge is 0.0992 e. The van der Waals surface area contributed by atoms with Crippen LogP contribution in [0.5, 0.6) is 0 Å². The van der Waals surface area contributed by atoms with E-state index >= 15 is 0 Å². The van der Waals surface area contributed by atoms with Gasteiger partial charge in [0.15, 0.2) is 0 Å². The molecule has 2 nitrogen and oxygen atoms in total. The Morgan fingerprint density at radius 2 is 1.80 bits per heavy atom. The van der Waals surface area contributed by atoms with Crippen LogP contribution < -0.4 is 5.32 Å². The Kier molecular flexibility index (Phi) is 5.17. The van der Waals surface area contributed by atoms with E-state index in [2.05, 4.69) is 27.3 Å². The molecule has 0 bridgehead atoms. The van der Waals surface area contributed by atoms with Crippen molar-refractivity contribution in [1.82, 2.24) is 0 Å². The molecule has 2 rings (SSSR count). The van der Waals surface area contributed by atoms with Crippen molar-refractivity contribution >= 4 is 56.4 Å². The maximum atomic E-state index is 8.82. The summed E-state index contributed by atoms with van der Waals surface area (Å²) in [6, 6.07) is 10.7. The van der Waals surface area contributed by atoms with Crippen LogP contribution in [0.2, 0.25) is 15.1 Å². The fourth-order valence-electron chi connectivity index (χ4n) is 1.64. The lowest BCUT2D eigenvalue weighted by atomic mass is 10.2. The lowest BCUT2D eigenvalue weighted by molar-refractivity contribution is 1.15. The number of benzene rings is 2. The molecule has 0 aromatic heterocycles. The van der Waals surface area contributed by atoms with E-state index in [1.54, 1.807) is 24.3 Å². The van der Waals surface area contributed by atoms with Crippen LogP contribution >= 0.6 is 50.7 Å². The topological polar surface area (TPSA) is 35.8 Å². The highest BCUT2D eigenvalue weighted by atomic mass is 79.9. The molecular weight excluding hydrogens is 382 g/mol. The molecule has 0 spiro atoms. The Bertz CT molecular complexity index is 696. The second-order valence-corrected chi connectivity index (χ2v) is 6.03. The molecule has 0 aliphatic heterocycles. The zero-order valence-corrected chi connectivity index (χ0v) is 13.9. The van der Waals surface area contributed by atoms with Crippen molar-refractivity contribution in [2.24, 2.45) is 0 Å². The summed E-state index contributed by atoms with van der Waals surface area (Å²) in [5, 5.41) is 13.5. The normalized spacial score (nSPS) is 10.2. The number of hydrogen-bond donors (Lipinski definition) is 1. The van der Waals surface area contributed by atoms with E-state index in [0.717, 1.165) is 15.7 Å². The Labute approximate surface area is 140 Å². The molecule has 0 aliphatic rings. The summed E-state index contributed by atoms with van der Waals surface area (Å²) in [6.45, 7) is 0.433. The van der Waals surface area contributed by atoms with Crippen LogP contribution in [0.3, 0.4) is 0 Å². The lowest BCUT2D eigenvalue weighted by Gasteiger charge is -2.12. The third-order valence-electron chi connectivity index (χ3n) is 2.69. The first-order valence-electron chi connectivity index (χ1n) is 5.59. The number of rotatable bonds is 3. The molecule has 2 aromatic carbocycles. The van der Waals surface area contributed by atoms with Crippen molar-refractivity contribution in [3.05, 3.63) is 61.0 Å². The van der Waals surface area contributed by atoms with Crippen LogP contribution in [0.15, 0.2) is 34.8 Å². The molecular formula is C14H8BrCl3N2. The fourth-order valence-corrected chi connectivity index (χ4v) is 2.84. The molecule has 6 heteroatoms. The van der Waals surface area contributed by atoms with Crippen LogP contribution in [-0.2, 0) is 6.54 Å². The van der Waals surface area contributed by atoms with Crippen LogP contribution in [0.4, 0.5) is 5.69 Å². The number of anilines is 1. The quantitative estimate of drug-likeness (QED) is 0.663. The summed E-state index contributed by atoms with van der Waals surface area (Å²) in [5.41, 5.74) is 2.16. The summed E-state index contributed by atoms with van der Waals surface area (Å²) in [4.78, 5) is 0. The van der Waals surface area contributed by atoms with Gasteiger partial charge in [-0.3, -0.25) is 0 Å². The summed E-state index contributed by atoms with van der Waals surface area (Å²) in [5.74, 6) is 0. The summed E-state index contributed by atoms with van der Waals surface area (Å²) in [6.07, 6.45) is 0. The van der Waals surface area contributed by atoms with Crippen molar-refractivity contribution in [2.45, 2.75) is 6.54 Å². The van der Waals surface area contributed by atoms with Gasteiger partial charge in [-0.2, -0.15) is 5.26 Å². The second-order valence-electron chi connectivity index (χ2n) is 3.98. The van der Waals surface area contributed by atoms with Gasteiger partial charge in [-0.15, -0.1) is 0 Å². The largest absolute Gasteiger partial charge is 0.380 e. The predicted molar refractivity (Wildman–Crippen MR) is 87.7 cm³/mol. The van der Waals surface area contributed by atoms with Gasteiger partial charge in [-0.1, -0.05) is 34.8 Å².